The Kier molecular flexibility index (Phi) is 2.82. The Labute approximate surface area is 99.1 Å². The summed E-state index contributed by atoms with van der Waals surface area (Å²) in [6.07, 6.45) is 1.88. The number of nitrogens with two attached hydrogens (primary N) is 1. The van der Waals surface area contributed by atoms with Gasteiger partial charge in [-0.15, -0.1) is 0 Å². The fourth-order valence-corrected chi connectivity index (χ4v) is 1.52. The molecular weight excluding hydrogens is 218 g/mol. The number of hydrogen-bond acceptors (Lipinski definition) is 6. The van der Waals surface area contributed by atoms with E-state index in [0.717, 1.165) is 11.4 Å². The Hall–Kier alpha value is -2.31. The first-order chi connectivity index (χ1) is 8.08. The highest BCUT2D eigenvalue weighted by atomic mass is 15.3. The molecule has 90 valence electrons. The van der Waals surface area contributed by atoms with Gasteiger partial charge in [0.05, 0.1) is 11.4 Å². The Balaban J connectivity index is 2.29. The minimum Gasteiger partial charge on any atom is -0.373 e. The van der Waals surface area contributed by atoms with E-state index >= 15 is 0 Å². The standard InChI is InChI=1S/C10H15N7/c1-6-7(5-17(3)16-6)13-9-4-8(12-2)14-10(11)15-9/h4-5H,1-3H3,(H4,11,12,13,14,15). The van der Waals surface area contributed by atoms with Crippen molar-refractivity contribution in [3.05, 3.63) is 18.0 Å². The summed E-state index contributed by atoms with van der Waals surface area (Å²) in [5.41, 5.74) is 7.40. The molecular formula is C10H15N7. The molecule has 0 unspecified atom stereocenters. The maximum absolute atomic E-state index is 5.61. The van der Waals surface area contributed by atoms with Crippen LogP contribution >= 0.6 is 0 Å². The molecule has 0 amide bonds. The van der Waals surface area contributed by atoms with E-state index in [2.05, 4.69) is 25.7 Å². The molecule has 0 saturated carbocycles. The van der Waals surface area contributed by atoms with Crippen LogP contribution < -0.4 is 16.4 Å². The minimum absolute atomic E-state index is 0.223. The average Bonchev–Trinajstić information content (AvgIpc) is 2.56. The quantitative estimate of drug-likeness (QED) is 0.728. The molecule has 7 heteroatoms. The van der Waals surface area contributed by atoms with Crippen molar-refractivity contribution in [3.8, 4) is 0 Å². The van der Waals surface area contributed by atoms with Gasteiger partial charge in [0.15, 0.2) is 0 Å². The summed E-state index contributed by atoms with van der Waals surface area (Å²) < 4.78 is 1.74. The van der Waals surface area contributed by atoms with Gasteiger partial charge >= 0.3 is 0 Å². The molecule has 2 rings (SSSR count). The number of aryl methyl sites for hydroxylation is 2. The Bertz CT molecular complexity index is 531. The number of aromatic nitrogens is 4. The van der Waals surface area contributed by atoms with Crippen LogP contribution in [0.25, 0.3) is 0 Å². The van der Waals surface area contributed by atoms with E-state index in [9.17, 15) is 0 Å². The van der Waals surface area contributed by atoms with E-state index in [0.29, 0.717) is 11.6 Å². The van der Waals surface area contributed by atoms with Crippen LogP contribution in [0.2, 0.25) is 0 Å². The Morgan fingerprint density at radius 3 is 2.59 bits per heavy atom. The van der Waals surface area contributed by atoms with Gasteiger partial charge < -0.3 is 16.4 Å². The van der Waals surface area contributed by atoms with Crippen LogP contribution in [-0.2, 0) is 7.05 Å². The largest absolute Gasteiger partial charge is 0.373 e. The Morgan fingerprint density at radius 2 is 2.00 bits per heavy atom. The molecule has 0 aliphatic heterocycles. The van der Waals surface area contributed by atoms with Crippen LogP contribution in [0.15, 0.2) is 12.3 Å². The van der Waals surface area contributed by atoms with E-state index < -0.39 is 0 Å². The fourth-order valence-electron chi connectivity index (χ4n) is 1.52. The van der Waals surface area contributed by atoms with Crippen molar-refractivity contribution >= 4 is 23.3 Å². The van der Waals surface area contributed by atoms with E-state index in [1.165, 1.54) is 0 Å². The fraction of sp³-hybridized carbons (Fsp3) is 0.300. The number of nitrogen functional groups attached to an aromatic ring is 1. The molecule has 0 aliphatic carbocycles. The summed E-state index contributed by atoms with van der Waals surface area (Å²) in [6.45, 7) is 1.92. The number of hydrogen-bond donors (Lipinski definition) is 3. The lowest BCUT2D eigenvalue weighted by Gasteiger charge is -2.06. The zero-order valence-corrected chi connectivity index (χ0v) is 10.0. The minimum atomic E-state index is 0.223. The van der Waals surface area contributed by atoms with Crippen LogP contribution in [-0.4, -0.2) is 26.8 Å². The van der Waals surface area contributed by atoms with E-state index in [1.807, 2.05) is 20.2 Å². The highest BCUT2D eigenvalue weighted by Crippen LogP contribution is 2.19. The molecule has 0 aliphatic rings. The zero-order valence-electron chi connectivity index (χ0n) is 10.0. The van der Waals surface area contributed by atoms with Crippen LogP contribution in [0.1, 0.15) is 5.69 Å². The molecule has 2 aromatic heterocycles. The molecule has 2 heterocycles. The van der Waals surface area contributed by atoms with Gasteiger partial charge in [0.2, 0.25) is 5.95 Å². The lowest BCUT2D eigenvalue weighted by atomic mass is 10.4. The van der Waals surface area contributed by atoms with Crippen molar-refractivity contribution in [2.24, 2.45) is 7.05 Å². The van der Waals surface area contributed by atoms with Crippen LogP contribution in [0.4, 0.5) is 23.3 Å². The van der Waals surface area contributed by atoms with Gasteiger partial charge in [-0.3, -0.25) is 4.68 Å². The molecule has 2 aromatic rings. The highest BCUT2D eigenvalue weighted by Gasteiger charge is 2.06. The predicted molar refractivity (Wildman–Crippen MR) is 67.2 cm³/mol. The lowest BCUT2D eigenvalue weighted by molar-refractivity contribution is 0.756. The smallest absolute Gasteiger partial charge is 0.223 e. The molecule has 0 bridgehead atoms. The van der Waals surface area contributed by atoms with Crippen molar-refractivity contribution in [2.45, 2.75) is 6.92 Å². The number of rotatable bonds is 3. The number of nitrogens with one attached hydrogen (secondary N) is 2. The van der Waals surface area contributed by atoms with Gasteiger partial charge in [0.1, 0.15) is 11.6 Å². The number of nitrogens with zero attached hydrogens (tertiary/aromatic N) is 4. The van der Waals surface area contributed by atoms with Gasteiger partial charge in [-0.2, -0.15) is 15.1 Å². The zero-order chi connectivity index (χ0) is 12.4. The maximum atomic E-state index is 5.61. The summed E-state index contributed by atoms with van der Waals surface area (Å²) in [7, 11) is 3.65. The molecule has 7 nitrogen and oxygen atoms in total. The summed E-state index contributed by atoms with van der Waals surface area (Å²) in [5.74, 6) is 1.53. The second kappa shape index (κ2) is 4.28. The molecule has 0 fully saturated rings. The average molecular weight is 233 g/mol. The van der Waals surface area contributed by atoms with Crippen molar-refractivity contribution < 1.29 is 0 Å². The summed E-state index contributed by atoms with van der Waals surface area (Å²) in [5, 5.41) is 10.3. The molecule has 0 saturated heterocycles. The van der Waals surface area contributed by atoms with Crippen molar-refractivity contribution in [3.63, 3.8) is 0 Å². The third-order valence-corrected chi connectivity index (χ3v) is 2.28. The van der Waals surface area contributed by atoms with Crippen LogP contribution in [0.5, 0.6) is 0 Å². The summed E-state index contributed by atoms with van der Waals surface area (Å²) in [4.78, 5) is 8.12. The molecule has 17 heavy (non-hydrogen) atoms. The maximum Gasteiger partial charge on any atom is 0.223 e. The van der Waals surface area contributed by atoms with Gasteiger partial charge in [0, 0.05) is 26.4 Å². The molecule has 4 N–H and O–H groups in total. The highest BCUT2D eigenvalue weighted by molar-refractivity contribution is 5.61. The Morgan fingerprint density at radius 1 is 1.29 bits per heavy atom. The third kappa shape index (κ3) is 2.44. The molecule has 0 radical (unpaired) electrons. The molecule has 0 atom stereocenters. The second-order valence-corrected chi connectivity index (χ2v) is 3.67. The first-order valence-electron chi connectivity index (χ1n) is 5.18. The van der Waals surface area contributed by atoms with Gasteiger partial charge in [-0.05, 0) is 6.92 Å². The molecule has 0 spiro atoms. The monoisotopic (exact) mass is 233 g/mol. The first kappa shape index (κ1) is 11.2. The SMILES string of the molecule is CNc1cc(Nc2cn(C)nc2C)nc(N)n1. The van der Waals surface area contributed by atoms with Gasteiger partial charge in [0.25, 0.3) is 0 Å². The predicted octanol–water partition coefficient (Wildman–Crippen LogP) is 0.886. The van der Waals surface area contributed by atoms with Crippen molar-refractivity contribution in [2.75, 3.05) is 23.4 Å². The van der Waals surface area contributed by atoms with Gasteiger partial charge in [-0.1, -0.05) is 0 Å². The summed E-state index contributed by atoms with van der Waals surface area (Å²) in [6, 6.07) is 1.78. The van der Waals surface area contributed by atoms with Crippen molar-refractivity contribution in [1.82, 2.24) is 19.7 Å². The van der Waals surface area contributed by atoms with E-state index in [4.69, 9.17) is 5.73 Å². The normalized spacial score (nSPS) is 10.3. The summed E-state index contributed by atoms with van der Waals surface area (Å²) >= 11 is 0. The number of anilines is 4. The second-order valence-electron chi connectivity index (χ2n) is 3.67. The van der Waals surface area contributed by atoms with Gasteiger partial charge in [-0.25, -0.2) is 0 Å². The van der Waals surface area contributed by atoms with Crippen LogP contribution in [0.3, 0.4) is 0 Å². The van der Waals surface area contributed by atoms with Crippen molar-refractivity contribution in [1.29, 1.82) is 0 Å². The first-order valence-corrected chi connectivity index (χ1v) is 5.18. The lowest BCUT2D eigenvalue weighted by Crippen LogP contribution is -2.03. The van der Waals surface area contributed by atoms with E-state index in [-0.39, 0.29) is 5.95 Å². The topological polar surface area (TPSA) is 93.7 Å². The molecule has 0 aromatic carbocycles. The van der Waals surface area contributed by atoms with Crippen LogP contribution in [0, 0.1) is 6.92 Å². The third-order valence-electron chi connectivity index (χ3n) is 2.28. The van der Waals surface area contributed by atoms with E-state index in [1.54, 1.807) is 17.8 Å².